The van der Waals surface area contributed by atoms with Gasteiger partial charge in [-0.15, -0.1) is 0 Å². The van der Waals surface area contributed by atoms with Gasteiger partial charge in [-0.2, -0.15) is 0 Å². The van der Waals surface area contributed by atoms with Crippen LogP contribution in [0.3, 0.4) is 0 Å². The second-order valence-electron chi connectivity index (χ2n) is 6.48. The third-order valence-electron chi connectivity index (χ3n) is 4.72. The van der Waals surface area contributed by atoms with E-state index in [0.717, 1.165) is 0 Å². The van der Waals surface area contributed by atoms with E-state index in [1.54, 1.807) is 42.5 Å². The van der Waals surface area contributed by atoms with Crippen molar-refractivity contribution in [1.29, 1.82) is 0 Å². The highest BCUT2D eigenvalue weighted by Crippen LogP contribution is 2.32. The fourth-order valence-electron chi connectivity index (χ4n) is 3.11. The summed E-state index contributed by atoms with van der Waals surface area (Å²) < 4.78 is 47.6. The lowest BCUT2D eigenvalue weighted by Crippen LogP contribution is -2.32. The maximum atomic E-state index is 13.3. The fourth-order valence-corrected chi connectivity index (χ4v) is 4.70. The molecule has 0 radical (unpaired) electrons. The van der Waals surface area contributed by atoms with Crippen LogP contribution in [0.2, 0.25) is 0 Å². The molecule has 9 heteroatoms. The van der Waals surface area contributed by atoms with Crippen LogP contribution >= 0.6 is 0 Å². The number of carbonyl (C=O) groups excluding carboxylic acids is 1. The molecule has 3 rings (SSSR count). The van der Waals surface area contributed by atoms with E-state index in [1.807, 2.05) is 0 Å². The minimum atomic E-state index is -3.88. The van der Waals surface area contributed by atoms with Gasteiger partial charge in [0.2, 0.25) is 0 Å². The number of nitrogens with one attached hydrogen (secondary N) is 1. The van der Waals surface area contributed by atoms with Crippen molar-refractivity contribution in [2.45, 2.75) is 10.1 Å². The van der Waals surface area contributed by atoms with Crippen LogP contribution in [0, 0.1) is 0 Å². The molecule has 1 aromatic heterocycles. The molecule has 0 saturated heterocycles. The van der Waals surface area contributed by atoms with Gasteiger partial charge in [0.15, 0.2) is 21.3 Å². The Kier molecular flexibility index (Phi) is 6.86. The highest BCUT2D eigenvalue weighted by atomic mass is 32.2. The topological polar surface area (TPSA) is 104 Å². The second-order valence-corrected chi connectivity index (χ2v) is 8.61. The lowest BCUT2D eigenvalue weighted by atomic mass is 10.1. The number of ether oxygens (including phenoxy) is 3. The molecule has 1 N–H and O–H groups in total. The summed E-state index contributed by atoms with van der Waals surface area (Å²) in [6, 6.07) is 14.1. The molecule has 0 aliphatic heterocycles. The van der Waals surface area contributed by atoms with Crippen LogP contribution in [0.5, 0.6) is 17.2 Å². The van der Waals surface area contributed by atoms with Crippen molar-refractivity contribution in [3.63, 3.8) is 0 Å². The molecule has 0 bridgehead atoms. The van der Waals surface area contributed by atoms with Crippen LogP contribution in [0.25, 0.3) is 0 Å². The summed E-state index contributed by atoms with van der Waals surface area (Å²) in [5.74, 6) is 0.900. The molecule has 0 aliphatic rings. The van der Waals surface area contributed by atoms with E-state index < -0.39 is 21.0 Å². The van der Waals surface area contributed by atoms with Crippen LogP contribution in [0.1, 0.15) is 21.4 Å². The Morgan fingerprint density at radius 3 is 2.29 bits per heavy atom. The molecule has 0 spiro atoms. The Bertz CT molecular complexity index is 1120. The van der Waals surface area contributed by atoms with Crippen molar-refractivity contribution in [1.82, 2.24) is 5.32 Å². The van der Waals surface area contributed by atoms with Gasteiger partial charge >= 0.3 is 0 Å². The summed E-state index contributed by atoms with van der Waals surface area (Å²) in [4.78, 5) is 12.9. The van der Waals surface area contributed by atoms with Crippen molar-refractivity contribution in [3.8, 4) is 17.2 Å². The number of carbonyl (C=O) groups is 1. The molecule has 8 nitrogen and oxygen atoms in total. The van der Waals surface area contributed by atoms with E-state index in [2.05, 4.69) is 5.32 Å². The maximum Gasteiger partial charge on any atom is 0.255 e. The zero-order chi connectivity index (χ0) is 22.4. The summed E-state index contributed by atoms with van der Waals surface area (Å²) in [6.07, 6.45) is 1.39. The van der Waals surface area contributed by atoms with E-state index in [4.69, 9.17) is 18.6 Å². The Morgan fingerprint density at radius 2 is 1.71 bits per heavy atom. The number of para-hydroxylation sites is 1. The van der Waals surface area contributed by atoms with E-state index in [1.165, 1.54) is 39.7 Å². The Hall–Kier alpha value is -3.46. The average molecular weight is 445 g/mol. The summed E-state index contributed by atoms with van der Waals surface area (Å²) in [6.45, 7) is -0.207. The SMILES string of the molecule is COc1ccc(S(=O)(=O)[C@@H](CNC(=O)c2cccc(OC)c2OC)c2ccco2)cc1. The number of amides is 1. The maximum absolute atomic E-state index is 13.3. The quantitative estimate of drug-likeness (QED) is 0.539. The van der Waals surface area contributed by atoms with E-state index >= 15 is 0 Å². The first-order valence-electron chi connectivity index (χ1n) is 9.33. The van der Waals surface area contributed by atoms with Crippen molar-refractivity contribution >= 4 is 15.7 Å². The molecule has 0 aliphatic carbocycles. The number of hydrogen-bond acceptors (Lipinski definition) is 7. The van der Waals surface area contributed by atoms with Gasteiger partial charge < -0.3 is 23.9 Å². The third kappa shape index (κ3) is 4.66. The minimum Gasteiger partial charge on any atom is -0.497 e. The van der Waals surface area contributed by atoms with Crippen molar-refractivity contribution in [2.75, 3.05) is 27.9 Å². The lowest BCUT2D eigenvalue weighted by Gasteiger charge is -2.18. The predicted octanol–water partition coefficient (Wildman–Crippen LogP) is 3.25. The smallest absolute Gasteiger partial charge is 0.255 e. The Morgan fingerprint density at radius 1 is 0.968 bits per heavy atom. The normalized spacial score (nSPS) is 12.1. The predicted molar refractivity (Wildman–Crippen MR) is 114 cm³/mol. The average Bonchev–Trinajstić information content (AvgIpc) is 3.32. The largest absolute Gasteiger partial charge is 0.497 e. The van der Waals surface area contributed by atoms with Gasteiger partial charge in [-0.05, 0) is 48.5 Å². The molecule has 3 aromatic rings. The summed E-state index contributed by atoms with van der Waals surface area (Å²) >= 11 is 0. The number of methoxy groups -OCH3 is 3. The molecular formula is C22H23NO7S. The molecule has 0 saturated carbocycles. The molecule has 1 atom stereocenters. The fraction of sp³-hybridized carbons (Fsp3) is 0.227. The van der Waals surface area contributed by atoms with Crippen LogP contribution < -0.4 is 19.5 Å². The van der Waals surface area contributed by atoms with Gasteiger partial charge in [-0.25, -0.2) is 8.42 Å². The monoisotopic (exact) mass is 445 g/mol. The van der Waals surface area contributed by atoms with Crippen molar-refractivity contribution < 1.29 is 31.8 Å². The molecule has 31 heavy (non-hydrogen) atoms. The molecule has 1 heterocycles. The number of sulfone groups is 1. The zero-order valence-corrected chi connectivity index (χ0v) is 18.1. The molecule has 0 unspecified atom stereocenters. The van der Waals surface area contributed by atoms with Gasteiger partial charge in [0.05, 0.1) is 38.1 Å². The van der Waals surface area contributed by atoms with Gasteiger partial charge in [0.1, 0.15) is 16.8 Å². The Labute approximate surface area is 180 Å². The highest BCUT2D eigenvalue weighted by Gasteiger charge is 2.32. The van der Waals surface area contributed by atoms with Crippen molar-refractivity contribution in [3.05, 3.63) is 72.2 Å². The van der Waals surface area contributed by atoms with Crippen LogP contribution in [0.15, 0.2) is 70.2 Å². The third-order valence-corrected chi connectivity index (χ3v) is 6.80. The molecule has 2 aromatic carbocycles. The minimum absolute atomic E-state index is 0.0860. The van der Waals surface area contributed by atoms with E-state index in [0.29, 0.717) is 11.5 Å². The van der Waals surface area contributed by atoms with Gasteiger partial charge in [0.25, 0.3) is 5.91 Å². The van der Waals surface area contributed by atoms with E-state index in [-0.39, 0.29) is 28.5 Å². The lowest BCUT2D eigenvalue weighted by molar-refractivity contribution is 0.0949. The first-order chi connectivity index (χ1) is 14.9. The summed E-state index contributed by atoms with van der Waals surface area (Å²) in [5, 5.41) is 1.55. The first-order valence-corrected chi connectivity index (χ1v) is 10.9. The van der Waals surface area contributed by atoms with Gasteiger partial charge in [-0.3, -0.25) is 4.79 Å². The highest BCUT2D eigenvalue weighted by molar-refractivity contribution is 7.91. The number of rotatable bonds is 9. The van der Waals surface area contributed by atoms with Crippen LogP contribution in [-0.4, -0.2) is 42.2 Å². The summed E-state index contributed by atoms with van der Waals surface area (Å²) in [5.41, 5.74) is 0.224. The van der Waals surface area contributed by atoms with Gasteiger partial charge in [0, 0.05) is 6.54 Å². The molecule has 1 amide bonds. The first kappa shape index (κ1) is 22.2. The van der Waals surface area contributed by atoms with E-state index in [9.17, 15) is 13.2 Å². The van der Waals surface area contributed by atoms with Crippen LogP contribution in [-0.2, 0) is 9.84 Å². The number of benzene rings is 2. The number of hydrogen-bond donors (Lipinski definition) is 1. The standard InChI is InChI=1S/C22H23NO7S/c1-27-15-9-11-16(12-10-15)31(25,26)20(18-8-5-13-30-18)14-23-22(24)17-6-4-7-19(28-2)21(17)29-3/h4-13,20H,14H2,1-3H3,(H,23,24)/t20-/m0/s1. The molecule has 0 fully saturated rings. The molecular weight excluding hydrogens is 422 g/mol. The second kappa shape index (κ2) is 9.57. The summed E-state index contributed by atoms with van der Waals surface area (Å²) in [7, 11) is 0.513. The Balaban J connectivity index is 1.89. The molecule has 164 valence electrons. The number of furan rings is 1. The van der Waals surface area contributed by atoms with Crippen LogP contribution in [0.4, 0.5) is 0 Å². The van der Waals surface area contributed by atoms with Gasteiger partial charge in [-0.1, -0.05) is 6.07 Å². The zero-order valence-electron chi connectivity index (χ0n) is 17.3. The van der Waals surface area contributed by atoms with Crippen molar-refractivity contribution in [2.24, 2.45) is 0 Å².